The molecule has 2 N–H and O–H groups in total. The van der Waals surface area contributed by atoms with Crippen LogP contribution in [0.15, 0.2) is 12.3 Å². The maximum atomic E-state index is 8.76. The maximum absolute atomic E-state index is 8.76. The van der Waals surface area contributed by atoms with Gasteiger partial charge >= 0.3 is 7.12 Å². The summed E-state index contributed by atoms with van der Waals surface area (Å²) in [6.45, 7) is 7.98. The summed E-state index contributed by atoms with van der Waals surface area (Å²) in [5, 5.41) is 8.76. The molecule has 0 amide bonds. The van der Waals surface area contributed by atoms with E-state index in [0.29, 0.717) is 18.7 Å². The standard InChI is InChI=1S/C14H20BN3O2/c1-13(2)14(3,4)20-15(19-13)11-10(6-5-8-16)7-9-18-12(11)17/h7,9H,5-6H2,1-4H3,(H2,17,18). The molecule has 20 heavy (non-hydrogen) atoms. The van der Waals surface area contributed by atoms with E-state index < -0.39 is 18.3 Å². The molecule has 1 aromatic rings. The van der Waals surface area contributed by atoms with Crippen LogP contribution in [-0.4, -0.2) is 23.3 Å². The van der Waals surface area contributed by atoms with Crippen LogP contribution < -0.4 is 11.2 Å². The zero-order valence-corrected chi connectivity index (χ0v) is 12.4. The van der Waals surface area contributed by atoms with Gasteiger partial charge in [-0.05, 0) is 45.7 Å². The van der Waals surface area contributed by atoms with Crippen LogP contribution in [0.5, 0.6) is 0 Å². The van der Waals surface area contributed by atoms with Crippen LogP contribution in [0.3, 0.4) is 0 Å². The van der Waals surface area contributed by atoms with E-state index in [9.17, 15) is 0 Å². The normalized spacial score (nSPS) is 19.9. The minimum Gasteiger partial charge on any atom is -0.399 e. The number of hydrogen-bond acceptors (Lipinski definition) is 5. The number of pyridine rings is 1. The van der Waals surface area contributed by atoms with Gasteiger partial charge in [0.1, 0.15) is 5.82 Å². The number of aryl methyl sites for hydroxylation is 1. The Kier molecular flexibility index (Phi) is 3.76. The van der Waals surface area contributed by atoms with Gasteiger partial charge in [0.15, 0.2) is 0 Å². The van der Waals surface area contributed by atoms with E-state index in [1.54, 1.807) is 6.20 Å². The summed E-state index contributed by atoms with van der Waals surface area (Å²) in [6, 6.07) is 4.01. The van der Waals surface area contributed by atoms with Crippen LogP contribution in [0.1, 0.15) is 39.7 Å². The molecule has 0 saturated carbocycles. The average Bonchev–Trinajstić information content (AvgIpc) is 2.55. The van der Waals surface area contributed by atoms with Crippen LogP contribution in [0.2, 0.25) is 0 Å². The molecule has 0 spiro atoms. The zero-order chi connectivity index (χ0) is 15.0. The van der Waals surface area contributed by atoms with Gasteiger partial charge in [0.25, 0.3) is 0 Å². The molecule has 6 heteroatoms. The van der Waals surface area contributed by atoms with Crippen molar-refractivity contribution in [1.82, 2.24) is 4.98 Å². The third-order valence-electron chi connectivity index (χ3n) is 4.11. The van der Waals surface area contributed by atoms with Crippen molar-refractivity contribution in [2.45, 2.75) is 51.7 Å². The second kappa shape index (κ2) is 5.08. The predicted octanol–water partition coefficient (Wildman–Crippen LogP) is 1.42. The number of nitrogens with two attached hydrogens (primary N) is 1. The van der Waals surface area contributed by atoms with Crippen molar-refractivity contribution in [2.24, 2.45) is 0 Å². The van der Waals surface area contributed by atoms with Crippen molar-refractivity contribution in [3.8, 4) is 6.07 Å². The number of anilines is 1. The Balaban J connectivity index is 2.37. The van der Waals surface area contributed by atoms with Crippen LogP contribution in [-0.2, 0) is 15.7 Å². The molecule has 2 rings (SSSR count). The van der Waals surface area contributed by atoms with Gasteiger partial charge in [-0.15, -0.1) is 0 Å². The maximum Gasteiger partial charge on any atom is 0.498 e. The summed E-state index contributed by atoms with van der Waals surface area (Å²) in [7, 11) is -0.539. The number of aromatic nitrogens is 1. The van der Waals surface area contributed by atoms with Crippen molar-refractivity contribution < 1.29 is 9.31 Å². The number of hydrogen-bond donors (Lipinski definition) is 1. The van der Waals surface area contributed by atoms with E-state index >= 15 is 0 Å². The number of nitriles is 1. The van der Waals surface area contributed by atoms with Crippen LogP contribution in [0.25, 0.3) is 0 Å². The lowest BCUT2D eigenvalue weighted by Crippen LogP contribution is -2.41. The lowest BCUT2D eigenvalue weighted by Gasteiger charge is -2.32. The first-order valence-electron chi connectivity index (χ1n) is 6.74. The lowest BCUT2D eigenvalue weighted by molar-refractivity contribution is 0.00578. The van der Waals surface area contributed by atoms with E-state index in [4.69, 9.17) is 20.3 Å². The Hall–Kier alpha value is -1.58. The predicted molar refractivity (Wildman–Crippen MR) is 78.3 cm³/mol. The SMILES string of the molecule is CC1(C)OB(c2c(CCC#N)ccnc2N)OC1(C)C. The molecule has 1 saturated heterocycles. The Morgan fingerprint density at radius 2 is 1.90 bits per heavy atom. The van der Waals surface area contributed by atoms with Crippen molar-refractivity contribution in [3.63, 3.8) is 0 Å². The fraction of sp³-hybridized carbons (Fsp3) is 0.571. The molecule has 2 heterocycles. The highest BCUT2D eigenvalue weighted by Crippen LogP contribution is 2.37. The van der Waals surface area contributed by atoms with Gasteiger partial charge in [0, 0.05) is 18.1 Å². The molecule has 1 aliphatic rings. The average molecular weight is 273 g/mol. The van der Waals surface area contributed by atoms with Gasteiger partial charge in [0.05, 0.1) is 17.3 Å². The van der Waals surface area contributed by atoms with Crippen molar-refractivity contribution >= 4 is 18.4 Å². The zero-order valence-electron chi connectivity index (χ0n) is 12.4. The molecule has 0 aliphatic carbocycles. The quantitative estimate of drug-likeness (QED) is 0.842. The van der Waals surface area contributed by atoms with E-state index in [1.807, 2.05) is 33.8 Å². The molecule has 5 nitrogen and oxygen atoms in total. The van der Waals surface area contributed by atoms with E-state index in [2.05, 4.69) is 11.1 Å². The molecular weight excluding hydrogens is 253 g/mol. The molecule has 1 aliphatic heterocycles. The minimum absolute atomic E-state index is 0.402. The van der Waals surface area contributed by atoms with Crippen LogP contribution >= 0.6 is 0 Å². The monoisotopic (exact) mass is 273 g/mol. The summed E-state index contributed by atoms with van der Waals surface area (Å²) in [5.41, 5.74) is 6.86. The second-order valence-corrected chi connectivity index (χ2v) is 6.02. The fourth-order valence-corrected chi connectivity index (χ4v) is 2.17. The summed E-state index contributed by atoms with van der Waals surface area (Å²) >= 11 is 0. The molecule has 1 aromatic heterocycles. The number of nitrogens with zero attached hydrogens (tertiary/aromatic N) is 2. The largest absolute Gasteiger partial charge is 0.498 e. The van der Waals surface area contributed by atoms with Gasteiger partial charge in [0.2, 0.25) is 0 Å². The highest BCUT2D eigenvalue weighted by Gasteiger charge is 2.52. The third kappa shape index (κ3) is 2.51. The Labute approximate surface area is 120 Å². The Bertz CT molecular complexity index is 536. The highest BCUT2D eigenvalue weighted by atomic mass is 16.7. The summed E-state index contributed by atoms with van der Waals surface area (Å²) < 4.78 is 12.1. The third-order valence-corrected chi connectivity index (χ3v) is 4.11. The summed E-state index contributed by atoms with van der Waals surface area (Å²) in [4.78, 5) is 4.12. The molecule has 0 atom stereocenters. The second-order valence-electron chi connectivity index (χ2n) is 6.02. The molecule has 0 radical (unpaired) electrons. The number of nitrogen functional groups attached to an aromatic ring is 1. The van der Waals surface area contributed by atoms with Gasteiger partial charge in [-0.3, -0.25) is 0 Å². The molecule has 106 valence electrons. The van der Waals surface area contributed by atoms with Crippen molar-refractivity contribution in [3.05, 3.63) is 17.8 Å². The van der Waals surface area contributed by atoms with Gasteiger partial charge < -0.3 is 15.0 Å². The van der Waals surface area contributed by atoms with Gasteiger partial charge in [-0.2, -0.15) is 5.26 Å². The molecule has 0 aromatic carbocycles. The van der Waals surface area contributed by atoms with E-state index in [1.165, 1.54) is 0 Å². The van der Waals surface area contributed by atoms with Crippen LogP contribution in [0, 0.1) is 11.3 Å². The minimum atomic E-state index is -0.539. The summed E-state index contributed by atoms with van der Waals surface area (Å²) in [6.07, 6.45) is 2.69. The topological polar surface area (TPSA) is 81.2 Å². The Morgan fingerprint density at radius 3 is 2.45 bits per heavy atom. The first kappa shape index (κ1) is 14.8. The van der Waals surface area contributed by atoms with Gasteiger partial charge in [-0.25, -0.2) is 4.98 Å². The highest BCUT2D eigenvalue weighted by molar-refractivity contribution is 6.64. The first-order chi connectivity index (χ1) is 9.28. The van der Waals surface area contributed by atoms with Gasteiger partial charge in [-0.1, -0.05) is 0 Å². The van der Waals surface area contributed by atoms with Crippen LogP contribution in [0.4, 0.5) is 5.82 Å². The smallest absolute Gasteiger partial charge is 0.399 e. The first-order valence-corrected chi connectivity index (χ1v) is 6.74. The molecule has 0 bridgehead atoms. The summed E-state index contributed by atoms with van der Waals surface area (Å²) in [5.74, 6) is 0.402. The van der Waals surface area contributed by atoms with Crippen molar-refractivity contribution in [2.75, 3.05) is 5.73 Å². The number of rotatable bonds is 3. The van der Waals surface area contributed by atoms with E-state index in [0.717, 1.165) is 11.0 Å². The molecule has 1 fully saturated rings. The molecular formula is C14H20BN3O2. The van der Waals surface area contributed by atoms with E-state index in [-0.39, 0.29) is 0 Å². The molecule has 0 unspecified atom stereocenters. The lowest BCUT2D eigenvalue weighted by atomic mass is 9.75. The Morgan fingerprint density at radius 1 is 1.30 bits per heavy atom. The fourth-order valence-electron chi connectivity index (χ4n) is 2.17. The van der Waals surface area contributed by atoms with Crippen molar-refractivity contribution in [1.29, 1.82) is 5.26 Å².